The Balaban J connectivity index is 1.58. The van der Waals surface area contributed by atoms with Crippen LogP contribution in [0.15, 0.2) is 55.0 Å². The molecule has 2 unspecified atom stereocenters. The number of aromatic amines is 1. The van der Waals surface area contributed by atoms with Crippen molar-refractivity contribution in [2.75, 3.05) is 0 Å². The molecule has 0 saturated heterocycles. The molecule has 3 aromatic heterocycles. The van der Waals surface area contributed by atoms with Gasteiger partial charge in [-0.15, -0.1) is 0 Å². The van der Waals surface area contributed by atoms with Crippen LogP contribution in [-0.4, -0.2) is 31.1 Å². The van der Waals surface area contributed by atoms with Crippen molar-refractivity contribution in [3.63, 3.8) is 0 Å². The van der Waals surface area contributed by atoms with Crippen molar-refractivity contribution in [2.45, 2.75) is 70.3 Å². The second kappa shape index (κ2) is 11.7. The van der Waals surface area contributed by atoms with Gasteiger partial charge in [-0.1, -0.05) is 75.8 Å². The molecule has 4 aromatic rings. The third-order valence-electron chi connectivity index (χ3n) is 7.63. The van der Waals surface area contributed by atoms with Gasteiger partial charge in [0.25, 0.3) is 0 Å². The standard InChI is InChI=1S/C29H32IN5O2/c1-2-20-10-6-3-4-9-13-29(15-20,27(36)37-19-21-11-7-5-8-12-21)23-14-22(16-31-17-23)25-24-18-32-35-26(24)34-28(30)33-25/h5,7-8,11-12,14,16-18,20H,2-4,6,9-10,13,15,19H2,1H3,(H,32,33,34,35). The molecule has 1 N–H and O–H groups in total. The van der Waals surface area contributed by atoms with Crippen LogP contribution in [0.1, 0.15) is 69.4 Å². The van der Waals surface area contributed by atoms with E-state index >= 15 is 0 Å². The minimum Gasteiger partial charge on any atom is -0.460 e. The van der Waals surface area contributed by atoms with Gasteiger partial charge in [0.15, 0.2) is 9.48 Å². The Morgan fingerprint density at radius 3 is 2.78 bits per heavy atom. The Bertz CT molecular complexity index is 1360. The van der Waals surface area contributed by atoms with E-state index in [2.05, 4.69) is 55.7 Å². The largest absolute Gasteiger partial charge is 0.460 e. The monoisotopic (exact) mass is 609 g/mol. The first kappa shape index (κ1) is 25.8. The third kappa shape index (κ3) is 5.68. The molecule has 0 spiro atoms. The van der Waals surface area contributed by atoms with Crippen molar-refractivity contribution in [3.8, 4) is 11.3 Å². The molecule has 3 heterocycles. The van der Waals surface area contributed by atoms with Crippen LogP contribution in [0.25, 0.3) is 22.3 Å². The lowest BCUT2D eigenvalue weighted by Gasteiger charge is -2.35. The van der Waals surface area contributed by atoms with E-state index < -0.39 is 5.41 Å². The lowest BCUT2D eigenvalue weighted by atomic mass is 9.70. The fourth-order valence-corrected chi connectivity index (χ4v) is 6.03. The Morgan fingerprint density at radius 1 is 1.11 bits per heavy atom. The van der Waals surface area contributed by atoms with Crippen molar-refractivity contribution >= 4 is 39.6 Å². The maximum Gasteiger partial charge on any atom is 0.316 e. The van der Waals surface area contributed by atoms with E-state index in [0.29, 0.717) is 15.4 Å². The molecule has 192 valence electrons. The molecular weight excluding hydrogens is 577 g/mol. The first-order valence-electron chi connectivity index (χ1n) is 13.1. The van der Waals surface area contributed by atoms with Crippen molar-refractivity contribution in [1.29, 1.82) is 0 Å². The number of aromatic nitrogens is 5. The molecule has 0 bridgehead atoms. The first-order chi connectivity index (χ1) is 18.1. The van der Waals surface area contributed by atoms with Crippen LogP contribution in [-0.2, 0) is 21.6 Å². The number of esters is 1. The number of pyridine rings is 1. The summed E-state index contributed by atoms with van der Waals surface area (Å²) in [5.41, 5.74) is 3.45. The molecule has 1 aromatic carbocycles. The highest BCUT2D eigenvalue weighted by atomic mass is 127. The average Bonchev–Trinajstić information content (AvgIpc) is 3.43. The normalized spacial score (nSPS) is 20.6. The van der Waals surface area contributed by atoms with E-state index in [1.54, 1.807) is 6.20 Å². The summed E-state index contributed by atoms with van der Waals surface area (Å²) in [5, 5.41) is 7.94. The second-order valence-corrected chi connectivity index (χ2v) is 11.0. The fourth-order valence-electron chi connectivity index (χ4n) is 5.54. The van der Waals surface area contributed by atoms with E-state index in [0.717, 1.165) is 66.3 Å². The smallest absolute Gasteiger partial charge is 0.316 e. The number of benzene rings is 1. The number of rotatable bonds is 6. The average molecular weight is 610 g/mol. The van der Waals surface area contributed by atoms with E-state index in [1.165, 1.54) is 12.8 Å². The summed E-state index contributed by atoms with van der Waals surface area (Å²) in [6.45, 7) is 2.50. The van der Waals surface area contributed by atoms with Gasteiger partial charge in [0.1, 0.15) is 6.61 Å². The number of nitrogens with zero attached hydrogens (tertiary/aromatic N) is 4. The van der Waals surface area contributed by atoms with Crippen LogP contribution in [0.4, 0.5) is 0 Å². The Morgan fingerprint density at radius 2 is 1.95 bits per heavy atom. The van der Waals surface area contributed by atoms with Gasteiger partial charge in [0.05, 0.1) is 22.7 Å². The minimum atomic E-state index is -0.751. The van der Waals surface area contributed by atoms with Crippen LogP contribution >= 0.6 is 22.6 Å². The molecule has 0 aliphatic heterocycles. The van der Waals surface area contributed by atoms with Crippen LogP contribution in [0.2, 0.25) is 0 Å². The number of H-pyrrole nitrogens is 1. The predicted octanol–water partition coefficient (Wildman–Crippen LogP) is 6.77. The molecule has 7 nitrogen and oxygen atoms in total. The summed E-state index contributed by atoms with van der Waals surface area (Å²) in [6, 6.07) is 12.0. The van der Waals surface area contributed by atoms with Crippen LogP contribution in [0.3, 0.4) is 0 Å². The molecule has 0 amide bonds. The Kier molecular flexibility index (Phi) is 8.12. The molecule has 1 aliphatic carbocycles. The summed E-state index contributed by atoms with van der Waals surface area (Å²) in [4.78, 5) is 27.9. The van der Waals surface area contributed by atoms with Crippen LogP contribution < -0.4 is 0 Å². The van der Waals surface area contributed by atoms with Gasteiger partial charge in [0.2, 0.25) is 0 Å². The van der Waals surface area contributed by atoms with Gasteiger partial charge >= 0.3 is 5.97 Å². The number of carbonyl (C=O) groups excluding carboxylic acids is 1. The minimum absolute atomic E-state index is 0.152. The van der Waals surface area contributed by atoms with Gasteiger partial charge < -0.3 is 4.74 Å². The van der Waals surface area contributed by atoms with Crippen LogP contribution in [0, 0.1) is 9.75 Å². The molecule has 2 atom stereocenters. The topological polar surface area (TPSA) is 93.6 Å². The molecule has 8 heteroatoms. The Labute approximate surface area is 231 Å². The number of fused-ring (bicyclic) bond motifs is 1. The zero-order valence-corrected chi connectivity index (χ0v) is 23.3. The first-order valence-corrected chi connectivity index (χ1v) is 14.2. The summed E-state index contributed by atoms with van der Waals surface area (Å²) in [7, 11) is 0. The lowest BCUT2D eigenvalue weighted by molar-refractivity contribution is -0.153. The maximum absolute atomic E-state index is 14.1. The summed E-state index contributed by atoms with van der Waals surface area (Å²) in [5.74, 6) is 0.299. The number of hydrogen-bond acceptors (Lipinski definition) is 6. The second-order valence-electron chi connectivity index (χ2n) is 10.0. The molecule has 37 heavy (non-hydrogen) atoms. The molecule has 1 saturated carbocycles. The highest BCUT2D eigenvalue weighted by molar-refractivity contribution is 14.1. The predicted molar refractivity (Wildman–Crippen MR) is 152 cm³/mol. The van der Waals surface area contributed by atoms with Crippen molar-refractivity contribution in [2.24, 2.45) is 5.92 Å². The summed E-state index contributed by atoms with van der Waals surface area (Å²) in [6.07, 6.45) is 13.6. The quantitative estimate of drug-likeness (QED) is 0.147. The van der Waals surface area contributed by atoms with E-state index in [4.69, 9.17) is 9.72 Å². The van der Waals surface area contributed by atoms with E-state index in [-0.39, 0.29) is 12.6 Å². The molecule has 1 aliphatic rings. The fraction of sp³-hybridized carbons (Fsp3) is 0.414. The van der Waals surface area contributed by atoms with Crippen LogP contribution in [0.5, 0.6) is 0 Å². The molecule has 1 fully saturated rings. The van der Waals surface area contributed by atoms with Gasteiger partial charge in [0, 0.05) is 40.5 Å². The summed E-state index contributed by atoms with van der Waals surface area (Å²) < 4.78 is 6.69. The highest BCUT2D eigenvalue weighted by Gasteiger charge is 2.43. The Hall–Kier alpha value is -2.88. The lowest BCUT2D eigenvalue weighted by Crippen LogP contribution is -2.39. The van der Waals surface area contributed by atoms with Gasteiger partial charge in [-0.3, -0.25) is 14.9 Å². The zero-order chi connectivity index (χ0) is 25.7. The molecule has 5 rings (SSSR count). The third-order valence-corrected chi connectivity index (χ3v) is 8.11. The molecular formula is C29H32IN5O2. The maximum atomic E-state index is 14.1. The SMILES string of the molecule is CCC1CCCCCCC(C(=O)OCc2ccccc2)(c2cncc(-c3nc(I)nc4[nH]ncc34)c2)C1. The number of halogens is 1. The highest BCUT2D eigenvalue weighted by Crippen LogP contribution is 2.42. The molecule has 0 radical (unpaired) electrons. The van der Waals surface area contributed by atoms with Gasteiger partial charge in [-0.25, -0.2) is 9.97 Å². The van der Waals surface area contributed by atoms with Crippen molar-refractivity contribution in [3.05, 3.63) is 69.9 Å². The zero-order valence-electron chi connectivity index (χ0n) is 21.1. The number of hydrogen-bond donors (Lipinski definition) is 1. The van der Waals surface area contributed by atoms with Gasteiger partial charge in [-0.2, -0.15) is 5.10 Å². The van der Waals surface area contributed by atoms with E-state index in [1.807, 2.05) is 42.7 Å². The number of nitrogens with one attached hydrogen (secondary N) is 1. The van der Waals surface area contributed by atoms with Gasteiger partial charge in [-0.05, 0) is 36.0 Å². The van der Waals surface area contributed by atoms with Crippen molar-refractivity contribution < 1.29 is 9.53 Å². The van der Waals surface area contributed by atoms with E-state index in [9.17, 15) is 4.79 Å². The summed E-state index contributed by atoms with van der Waals surface area (Å²) >= 11 is 2.12. The van der Waals surface area contributed by atoms with Crippen molar-refractivity contribution in [1.82, 2.24) is 25.1 Å². The number of carbonyl (C=O) groups is 1. The number of ether oxygens (including phenoxy) is 1.